The molecule has 0 radical (unpaired) electrons. The first-order valence-corrected chi connectivity index (χ1v) is 8.98. The monoisotopic (exact) mass is 384 g/mol. The first-order chi connectivity index (χ1) is 13.5. The van der Waals surface area contributed by atoms with Crippen molar-refractivity contribution in [2.45, 2.75) is 18.9 Å². The summed E-state index contributed by atoms with van der Waals surface area (Å²) in [4.78, 5) is 26.4. The standard InChI is InChI=1S/C21H24N2O5/c1-26-17-7-4-14(5-8-17)10-20(24)22-15-11-21(25)23(13-15)16-6-9-18(27-2)19(12-16)28-3/h4-9,12,15H,10-11,13H2,1-3H3,(H,22,24). The van der Waals surface area contributed by atoms with Crippen molar-refractivity contribution < 1.29 is 23.8 Å². The maximum absolute atomic E-state index is 12.4. The fraction of sp³-hybridized carbons (Fsp3) is 0.333. The molecule has 1 N–H and O–H groups in total. The number of rotatable bonds is 7. The number of nitrogens with one attached hydrogen (secondary N) is 1. The highest BCUT2D eigenvalue weighted by atomic mass is 16.5. The Kier molecular flexibility index (Phi) is 6.03. The molecule has 1 heterocycles. The number of hydrogen-bond donors (Lipinski definition) is 1. The maximum Gasteiger partial charge on any atom is 0.229 e. The van der Waals surface area contributed by atoms with E-state index in [-0.39, 0.29) is 30.7 Å². The van der Waals surface area contributed by atoms with Crippen LogP contribution >= 0.6 is 0 Å². The van der Waals surface area contributed by atoms with Crippen molar-refractivity contribution in [3.05, 3.63) is 48.0 Å². The summed E-state index contributed by atoms with van der Waals surface area (Å²) in [7, 11) is 4.71. The van der Waals surface area contributed by atoms with Gasteiger partial charge in [-0.05, 0) is 29.8 Å². The second kappa shape index (κ2) is 8.65. The number of carbonyl (C=O) groups is 2. The molecule has 0 saturated carbocycles. The maximum atomic E-state index is 12.4. The number of ether oxygens (including phenoxy) is 3. The summed E-state index contributed by atoms with van der Waals surface area (Å²) in [6.07, 6.45) is 0.522. The van der Waals surface area contributed by atoms with Gasteiger partial charge in [0.1, 0.15) is 5.75 Å². The average Bonchev–Trinajstić information content (AvgIpc) is 3.07. The van der Waals surface area contributed by atoms with Crippen molar-refractivity contribution in [1.82, 2.24) is 5.32 Å². The molecular weight excluding hydrogens is 360 g/mol. The van der Waals surface area contributed by atoms with Crippen LogP contribution in [0.1, 0.15) is 12.0 Å². The zero-order chi connectivity index (χ0) is 20.1. The van der Waals surface area contributed by atoms with Crippen molar-refractivity contribution in [3.8, 4) is 17.2 Å². The summed E-state index contributed by atoms with van der Waals surface area (Å²) in [6, 6.07) is 12.4. The highest BCUT2D eigenvalue weighted by molar-refractivity contribution is 5.97. The van der Waals surface area contributed by atoms with E-state index in [0.29, 0.717) is 18.0 Å². The Bertz CT molecular complexity index is 850. The lowest BCUT2D eigenvalue weighted by Gasteiger charge is -2.19. The summed E-state index contributed by atoms with van der Waals surface area (Å²) in [5, 5.41) is 2.95. The molecule has 0 bridgehead atoms. The number of hydrogen-bond acceptors (Lipinski definition) is 5. The van der Waals surface area contributed by atoms with Gasteiger partial charge in [0.15, 0.2) is 11.5 Å². The van der Waals surface area contributed by atoms with E-state index in [4.69, 9.17) is 14.2 Å². The topological polar surface area (TPSA) is 77.1 Å². The van der Waals surface area contributed by atoms with E-state index in [9.17, 15) is 9.59 Å². The van der Waals surface area contributed by atoms with Crippen molar-refractivity contribution in [1.29, 1.82) is 0 Å². The first kappa shape index (κ1) is 19.5. The third-order valence-electron chi connectivity index (χ3n) is 4.69. The van der Waals surface area contributed by atoms with Crippen molar-refractivity contribution in [2.75, 3.05) is 32.8 Å². The molecule has 0 aromatic heterocycles. The highest BCUT2D eigenvalue weighted by Gasteiger charge is 2.32. The number of amides is 2. The fourth-order valence-corrected chi connectivity index (χ4v) is 3.25. The van der Waals surface area contributed by atoms with Gasteiger partial charge < -0.3 is 24.4 Å². The summed E-state index contributed by atoms with van der Waals surface area (Å²) in [5.41, 5.74) is 1.61. The minimum absolute atomic E-state index is 0.0398. The van der Waals surface area contributed by atoms with Gasteiger partial charge in [-0.25, -0.2) is 0 Å². The van der Waals surface area contributed by atoms with Crippen LogP contribution in [0.4, 0.5) is 5.69 Å². The van der Waals surface area contributed by atoms with Crippen LogP contribution in [0.15, 0.2) is 42.5 Å². The van der Waals surface area contributed by atoms with Crippen molar-refractivity contribution >= 4 is 17.5 Å². The van der Waals surface area contributed by atoms with E-state index < -0.39 is 0 Å². The largest absolute Gasteiger partial charge is 0.497 e. The van der Waals surface area contributed by atoms with E-state index in [0.717, 1.165) is 17.0 Å². The van der Waals surface area contributed by atoms with Gasteiger partial charge in [-0.3, -0.25) is 9.59 Å². The molecule has 2 aromatic rings. The van der Waals surface area contributed by atoms with Crippen LogP contribution < -0.4 is 24.4 Å². The van der Waals surface area contributed by atoms with Crippen LogP contribution in [0, 0.1) is 0 Å². The summed E-state index contributed by atoms with van der Waals surface area (Å²) in [5.74, 6) is 1.75. The smallest absolute Gasteiger partial charge is 0.229 e. The third-order valence-corrected chi connectivity index (χ3v) is 4.69. The molecule has 148 valence electrons. The number of carbonyl (C=O) groups excluding carboxylic acids is 2. The Balaban J connectivity index is 1.61. The lowest BCUT2D eigenvalue weighted by molar-refractivity contribution is -0.121. The molecule has 2 aromatic carbocycles. The van der Waals surface area contributed by atoms with E-state index in [1.165, 1.54) is 0 Å². The minimum Gasteiger partial charge on any atom is -0.497 e. The number of methoxy groups -OCH3 is 3. The predicted molar refractivity (Wildman–Crippen MR) is 105 cm³/mol. The second-order valence-electron chi connectivity index (χ2n) is 6.54. The zero-order valence-electron chi connectivity index (χ0n) is 16.2. The SMILES string of the molecule is COc1ccc(CC(=O)NC2CC(=O)N(c3ccc(OC)c(OC)c3)C2)cc1. The van der Waals surface area contributed by atoms with Crippen LogP contribution in [0.2, 0.25) is 0 Å². The number of anilines is 1. The van der Waals surface area contributed by atoms with Crippen molar-refractivity contribution in [3.63, 3.8) is 0 Å². The Hall–Kier alpha value is -3.22. The normalized spacial score (nSPS) is 16.0. The summed E-state index contributed by atoms with van der Waals surface area (Å²) in [6.45, 7) is 0.419. The average molecular weight is 384 g/mol. The molecule has 2 amide bonds. The molecule has 1 fully saturated rings. The summed E-state index contributed by atoms with van der Waals surface area (Å²) >= 11 is 0. The number of nitrogens with zero attached hydrogens (tertiary/aromatic N) is 1. The van der Waals surface area contributed by atoms with Crippen LogP contribution in [-0.2, 0) is 16.0 Å². The molecular formula is C21H24N2O5. The van der Waals surface area contributed by atoms with Crippen LogP contribution in [0.25, 0.3) is 0 Å². The van der Waals surface area contributed by atoms with Gasteiger partial charge in [0.2, 0.25) is 11.8 Å². The van der Waals surface area contributed by atoms with E-state index >= 15 is 0 Å². The molecule has 1 saturated heterocycles. The van der Waals surface area contributed by atoms with Crippen LogP contribution in [0.5, 0.6) is 17.2 Å². The molecule has 0 aliphatic carbocycles. The first-order valence-electron chi connectivity index (χ1n) is 8.98. The van der Waals surface area contributed by atoms with Crippen LogP contribution in [-0.4, -0.2) is 45.7 Å². The molecule has 1 unspecified atom stereocenters. The lowest BCUT2D eigenvalue weighted by Crippen LogP contribution is -2.38. The van der Waals surface area contributed by atoms with E-state index in [1.807, 2.05) is 24.3 Å². The number of benzene rings is 2. The third kappa shape index (κ3) is 4.36. The minimum atomic E-state index is -0.230. The van der Waals surface area contributed by atoms with Gasteiger partial charge >= 0.3 is 0 Å². The molecule has 7 nitrogen and oxygen atoms in total. The highest BCUT2D eigenvalue weighted by Crippen LogP contribution is 2.33. The molecule has 0 spiro atoms. The molecule has 1 aliphatic rings. The fourth-order valence-electron chi connectivity index (χ4n) is 3.25. The van der Waals surface area contributed by atoms with Gasteiger partial charge in [-0.2, -0.15) is 0 Å². The van der Waals surface area contributed by atoms with Gasteiger partial charge in [0.05, 0.1) is 33.8 Å². The second-order valence-corrected chi connectivity index (χ2v) is 6.54. The molecule has 1 aliphatic heterocycles. The van der Waals surface area contributed by atoms with Crippen LogP contribution in [0.3, 0.4) is 0 Å². The van der Waals surface area contributed by atoms with Crippen molar-refractivity contribution in [2.24, 2.45) is 0 Å². The zero-order valence-corrected chi connectivity index (χ0v) is 16.2. The van der Waals surface area contributed by atoms with Gasteiger partial charge in [0.25, 0.3) is 0 Å². The van der Waals surface area contributed by atoms with E-state index in [1.54, 1.807) is 44.4 Å². The Morgan fingerprint density at radius 1 is 1.04 bits per heavy atom. The Morgan fingerprint density at radius 3 is 2.39 bits per heavy atom. The molecule has 1 atom stereocenters. The predicted octanol–water partition coefficient (Wildman–Crippen LogP) is 2.18. The molecule has 7 heteroatoms. The van der Waals surface area contributed by atoms with Gasteiger partial charge in [-0.1, -0.05) is 12.1 Å². The molecule has 3 rings (SSSR count). The Morgan fingerprint density at radius 2 is 1.75 bits per heavy atom. The van der Waals surface area contributed by atoms with Gasteiger partial charge in [-0.15, -0.1) is 0 Å². The Labute approximate surface area is 164 Å². The quantitative estimate of drug-likeness (QED) is 0.792. The lowest BCUT2D eigenvalue weighted by atomic mass is 10.1. The van der Waals surface area contributed by atoms with E-state index in [2.05, 4.69) is 5.32 Å². The summed E-state index contributed by atoms with van der Waals surface area (Å²) < 4.78 is 15.7. The molecule has 28 heavy (non-hydrogen) atoms. The van der Waals surface area contributed by atoms with Gasteiger partial charge in [0, 0.05) is 24.7 Å².